The zero-order chi connectivity index (χ0) is 13.6. The van der Waals surface area contributed by atoms with Gasteiger partial charge in [-0.3, -0.25) is 4.79 Å². The zero-order valence-corrected chi connectivity index (χ0v) is 11.4. The first kappa shape index (κ1) is 12.0. The molecule has 3 aromatic rings. The molecule has 4 heteroatoms. The summed E-state index contributed by atoms with van der Waals surface area (Å²) >= 11 is 1.42. The number of hydrogen-bond acceptors (Lipinski definition) is 4. The molecule has 1 N–H and O–H groups in total. The van der Waals surface area contributed by atoms with Crippen molar-refractivity contribution < 1.29 is 9.52 Å². The molecule has 0 aliphatic carbocycles. The Hall–Kier alpha value is -2.07. The first-order valence-corrected chi connectivity index (χ1v) is 6.77. The van der Waals surface area contributed by atoms with Crippen molar-refractivity contribution in [3.05, 3.63) is 51.0 Å². The van der Waals surface area contributed by atoms with Gasteiger partial charge in [-0.15, -0.1) is 11.3 Å². The summed E-state index contributed by atoms with van der Waals surface area (Å²) < 4.78 is 5.76. The summed E-state index contributed by atoms with van der Waals surface area (Å²) in [6.07, 6.45) is 0. The SMILES string of the molecule is Cc1cc(C)c2oc(-c3cccs3)c(O)c(=O)c2c1. The predicted molar refractivity (Wildman–Crippen MR) is 76.9 cm³/mol. The van der Waals surface area contributed by atoms with Crippen LogP contribution in [-0.4, -0.2) is 5.11 Å². The molecular weight excluding hydrogens is 260 g/mol. The molecule has 0 fully saturated rings. The maximum absolute atomic E-state index is 12.2. The van der Waals surface area contributed by atoms with Crippen molar-refractivity contribution in [3.8, 4) is 16.4 Å². The fourth-order valence-corrected chi connectivity index (χ4v) is 2.92. The van der Waals surface area contributed by atoms with Crippen molar-refractivity contribution in [2.75, 3.05) is 0 Å². The van der Waals surface area contributed by atoms with Gasteiger partial charge in [0.1, 0.15) is 5.58 Å². The molecule has 1 aromatic carbocycles. The van der Waals surface area contributed by atoms with E-state index < -0.39 is 0 Å². The van der Waals surface area contributed by atoms with Crippen molar-refractivity contribution in [1.29, 1.82) is 0 Å². The van der Waals surface area contributed by atoms with Crippen LogP contribution in [0.5, 0.6) is 5.75 Å². The maximum atomic E-state index is 12.2. The molecule has 0 radical (unpaired) electrons. The normalized spacial score (nSPS) is 11.1. The average Bonchev–Trinajstić information content (AvgIpc) is 2.88. The van der Waals surface area contributed by atoms with E-state index in [0.29, 0.717) is 11.0 Å². The van der Waals surface area contributed by atoms with Crippen LogP contribution >= 0.6 is 11.3 Å². The van der Waals surface area contributed by atoms with Gasteiger partial charge in [0.25, 0.3) is 0 Å². The van der Waals surface area contributed by atoms with Crippen LogP contribution in [0.4, 0.5) is 0 Å². The molecule has 0 saturated heterocycles. The average molecular weight is 272 g/mol. The molecule has 2 heterocycles. The Morgan fingerprint density at radius 2 is 2.05 bits per heavy atom. The van der Waals surface area contributed by atoms with Crippen molar-refractivity contribution in [2.45, 2.75) is 13.8 Å². The van der Waals surface area contributed by atoms with Crippen LogP contribution in [0, 0.1) is 13.8 Å². The van der Waals surface area contributed by atoms with Gasteiger partial charge in [-0.2, -0.15) is 0 Å². The quantitative estimate of drug-likeness (QED) is 0.732. The Balaban J connectivity index is 2.45. The molecule has 0 saturated carbocycles. The second kappa shape index (κ2) is 4.24. The lowest BCUT2D eigenvalue weighted by atomic mass is 10.1. The number of thiophene rings is 1. The smallest absolute Gasteiger partial charge is 0.235 e. The third kappa shape index (κ3) is 1.85. The van der Waals surface area contributed by atoms with E-state index in [1.807, 2.05) is 37.4 Å². The number of aromatic hydroxyl groups is 1. The first-order valence-electron chi connectivity index (χ1n) is 5.89. The Labute approximate surface area is 113 Å². The Kier molecular flexibility index (Phi) is 2.68. The standard InChI is InChI=1S/C15H12O3S/c1-8-6-9(2)14-10(7-8)12(16)13(17)15(18-14)11-4-3-5-19-11/h3-7,17H,1-2H3. The van der Waals surface area contributed by atoms with Crippen LogP contribution in [0.15, 0.2) is 38.9 Å². The molecule has 0 unspecified atom stereocenters. The van der Waals surface area contributed by atoms with Crippen LogP contribution in [0.3, 0.4) is 0 Å². The van der Waals surface area contributed by atoms with Crippen LogP contribution in [0.25, 0.3) is 21.6 Å². The molecule has 0 atom stereocenters. The third-order valence-corrected chi connectivity index (χ3v) is 3.91. The molecular formula is C15H12O3S. The largest absolute Gasteiger partial charge is 0.501 e. The third-order valence-electron chi connectivity index (χ3n) is 3.04. The molecule has 0 amide bonds. The fourth-order valence-electron chi connectivity index (χ4n) is 2.21. The van der Waals surface area contributed by atoms with Gasteiger partial charge in [-0.1, -0.05) is 12.1 Å². The molecule has 3 nitrogen and oxygen atoms in total. The van der Waals surface area contributed by atoms with Gasteiger partial charge in [-0.05, 0) is 42.5 Å². The van der Waals surface area contributed by atoms with E-state index in [4.69, 9.17) is 4.42 Å². The van der Waals surface area contributed by atoms with Crippen molar-refractivity contribution in [3.63, 3.8) is 0 Å². The van der Waals surface area contributed by atoms with E-state index in [0.717, 1.165) is 16.0 Å². The maximum Gasteiger partial charge on any atom is 0.235 e. The van der Waals surface area contributed by atoms with E-state index >= 15 is 0 Å². The van der Waals surface area contributed by atoms with E-state index in [2.05, 4.69) is 0 Å². The number of aryl methyl sites for hydroxylation is 2. The minimum Gasteiger partial charge on any atom is -0.501 e. The highest BCUT2D eigenvalue weighted by Crippen LogP contribution is 2.33. The second-order valence-corrected chi connectivity index (χ2v) is 5.49. The van der Waals surface area contributed by atoms with Gasteiger partial charge in [0.2, 0.25) is 11.2 Å². The van der Waals surface area contributed by atoms with Gasteiger partial charge in [-0.25, -0.2) is 0 Å². The van der Waals surface area contributed by atoms with Gasteiger partial charge in [0.15, 0.2) is 5.76 Å². The lowest BCUT2D eigenvalue weighted by Crippen LogP contribution is -2.03. The lowest BCUT2D eigenvalue weighted by molar-refractivity contribution is 0.449. The molecule has 0 aliphatic rings. The van der Waals surface area contributed by atoms with Crippen molar-refractivity contribution >= 4 is 22.3 Å². The van der Waals surface area contributed by atoms with E-state index in [-0.39, 0.29) is 16.9 Å². The van der Waals surface area contributed by atoms with E-state index in [1.165, 1.54) is 11.3 Å². The van der Waals surface area contributed by atoms with Crippen LogP contribution in [-0.2, 0) is 0 Å². The second-order valence-electron chi connectivity index (χ2n) is 4.54. The molecule has 19 heavy (non-hydrogen) atoms. The summed E-state index contributed by atoms with van der Waals surface area (Å²) in [5.41, 5.74) is 2.03. The first-order chi connectivity index (χ1) is 9.08. The van der Waals surface area contributed by atoms with Crippen LogP contribution in [0.2, 0.25) is 0 Å². The highest BCUT2D eigenvalue weighted by atomic mass is 32.1. The van der Waals surface area contributed by atoms with Crippen molar-refractivity contribution in [1.82, 2.24) is 0 Å². The highest BCUT2D eigenvalue weighted by molar-refractivity contribution is 7.13. The summed E-state index contributed by atoms with van der Waals surface area (Å²) in [4.78, 5) is 13.0. The van der Waals surface area contributed by atoms with Gasteiger partial charge in [0, 0.05) is 0 Å². The molecule has 0 bridgehead atoms. The number of hydrogen-bond donors (Lipinski definition) is 1. The molecule has 0 spiro atoms. The number of fused-ring (bicyclic) bond motifs is 1. The van der Waals surface area contributed by atoms with Crippen LogP contribution in [0.1, 0.15) is 11.1 Å². The summed E-state index contributed by atoms with van der Waals surface area (Å²) in [5, 5.41) is 12.4. The van der Waals surface area contributed by atoms with Gasteiger partial charge >= 0.3 is 0 Å². The topological polar surface area (TPSA) is 50.4 Å². The Morgan fingerprint density at radius 3 is 2.74 bits per heavy atom. The Bertz CT molecular complexity index is 814. The minimum absolute atomic E-state index is 0.249. The minimum atomic E-state index is -0.378. The summed E-state index contributed by atoms with van der Waals surface area (Å²) in [6, 6.07) is 7.37. The highest BCUT2D eigenvalue weighted by Gasteiger charge is 2.17. The molecule has 96 valence electrons. The molecule has 0 aliphatic heterocycles. The van der Waals surface area contributed by atoms with E-state index in [1.54, 1.807) is 6.07 Å². The number of benzene rings is 1. The Morgan fingerprint density at radius 1 is 1.26 bits per heavy atom. The monoisotopic (exact) mass is 272 g/mol. The lowest BCUT2D eigenvalue weighted by Gasteiger charge is -2.07. The van der Waals surface area contributed by atoms with E-state index in [9.17, 15) is 9.90 Å². The van der Waals surface area contributed by atoms with Gasteiger partial charge in [0.05, 0.1) is 10.3 Å². The predicted octanol–water partition coefficient (Wildman–Crippen LogP) is 3.84. The number of rotatable bonds is 1. The molecule has 3 rings (SSSR count). The van der Waals surface area contributed by atoms with Crippen molar-refractivity contribution in [2.24, 2.45) is 0 Å². The summed E-state index contributed by atoms with van der Waals surface area (Å²) in [7, 11) is 0. The van der Waals surface area contributed by atoms with Crippen LogP contribution < -0.4 is 5.43 Å². The summed E-state index contributed by atoms with van der Waals surface area (Å²) in [6.45, 7) is 3.81. The van der Waals surface area contributed by atoms with Gasteiger partial charge < -0.3 is 9.52 Å². The molecule has 2 aromatic heterocycles. The summed E-state index contributed by atoms with van der Waals surface area (Å²) in [5.74, 6) is -0.0700. The zero-order valence-electron chi connectivity index (χ0n) is 10.6. The fraction of sp³-hybridized carbons (Fsp3) is 0.133.